The molecule has 0 saturated carbocycles. The molecule has 0 heterocycles. The van der Waals surface area contributed by atoms with Crippen molar-refractivity contribution in [2.24, 2.45) is 0 Å². The van der Waals surface area contributed by atoms with Gasteiger partial charge in [-0.2, -0.15) is 5.26 Å². The highest BCUT2D eigenvalue weighted by molar-refractivity contribution is 6.30. The zero-order valence-corrected chi connectivity index (χ0v) is 20.4. The van der Waals surface area contributed by atoms with E-state index in [4.69, 9.17) is 16.3 Å². The first-order chi connectivity index (χ1) is 17.4. The number of benzene rings is 3. The second-order valence-corrected chi connectivity index (χ2v) is 8.60. The molecule has 0 unspecified atom stereocenters. The van der Waals surface area contributed by atoms with Crippen molar-refractivity contribution in [3.63, 3.8) is 0 Å². The van der Waals surface area contributed by atoms with E-state index in [0.717, 1.165) is 22.8 Å². The number of carbonyl (C=O) groups is 2. The predicted molar refractivity (Wildman–Crippen MR) is 134 cm³/mol. The SMILES string of the molecule is Cc1cccc(C[C@H](NNC(=O)c2ccc(Cl)cc2F)C(=O)N[C@H](C#N)COCc2ccccc2)c1. The van der Waals surface area contributed by atoms with Crippen LogP contribution in [0.3, 0.4) is 0 Å². The molecule has 9 heteroatoms. The number of aryl methyl sites for hydroxylation is 1. The molecule has 0 radical (unpaired) electrons. The number of hydrogen-bond donors (Lipinski definition) is 3. The lowest BCUT2D eigenvalue weighted by Crippen LogP contribution is -2.55. The van der Waals surface area contributed by atoms with Crippen LogP contribution >= 0.6 is 11.6 Å². The van der Waals surface area contributed by atoms with E-state index >= 15 is 0 Å². The minimum atomic E-state index is -0.948. The molecule has 3 N–H and O–H groups in total. The number of halogens is 2. The fourth-order valence-corrected chi connectivity index (χ4v) is 3.59. The Bertz CT molecular complexity index is 1230. The number of rotatable bonds is 11. The summed E-state index contributed by atoms with van der Waals surface area (Å²) in [6.07, 6.45) is 0.208. The summed E-state index contributed by atoms with van der Waals surface area (Å²) in [5, 5.41) is 12.3. The van der Waals surface area contributed by atoms with Crippen molar-refractivity contribution in [2.75, 3.05) is 6.61 Å². The molecule has 0 saturated heterocycles. The van der Waals surface area contributed by atoms with Crippen LogP contribution in [0.15, 0.2) is 72.8 Å². The van der Waals surface area contributed by atoms with E-state index in [1.807, 2.05) is 67.6 Å². The van der Waals surface area contributed by atoms with Crippen molar-refractivity contribution >= 4 is 23.4 Å². The van der Waals surface area contributed by atoms with E-state index in [2.05, 4.69) is 16.2 Å². The van der Waals surface area contributed by atoms with Gasteiger partial charge in [0.15, 0.2) is 0 Å². The molecule has 2 amide bonds. The second-order valence-electron chi connectivity index (χ2n) is 8.16. The highest BCUT2D eigenvalue weighted by Crippen LogP contribution is 2.14. The monoisotopic (exact) mass is 508 g/mol. The Morgan fingerprint density at radius 3 is 2.50 bits per heavy atom. The summed E-state index contributed by atoms with van der Waals surface area (Å²) in [4.78, 5) is 25.6. The van der Waals surface area contributed by atoms with Crippen molar-refractivity contribution in [3.05, 3.63) is 106 Å². The first-order valence-corrected chi connectivity index (χ1v) is 11.6. The fourth-order valence-electron chi connectivity index (χ4n) is 3.43. The van der Waals surface area contributed by atoms with E-state index in [-0.39, 0.29) is 23.6 Å². The molecule has 0 aromatic heterocycles. The molecule has 3 aromatic carbocycles. The number of hydrazine groups is 1. The topological polar surface area (TPSA) is 103 Å². The summed E-state index contributed by atoms with van der Waals surface area (Å²) in [7, 11) is 0. The average molecular weight is 509 g/mol. The number of nitrogens with zero attached hydrogens (tertiary/aromatic N) is 1. The van der Waals surface area contributed by atoms with Crippen molar-refractivity contribution in [3.8, 4) is 6.07 Å². The number of nitriles is 1. The zero-order chi connectivity index (χ0) is 25.9. The van der Waals surface area contributed by atoms with Crippen molar-refractivity contribution in [1.82, 2.24) is 16.2 Å². The number of nitrogens with one attached hydrogen (secondary N) is 3. The standard InChI is InChI=1S/C27H26ClFN4O3/c1-18-6-5-9-20(12-18)13-25(32-33-26(34)23-11-10-21(28)14-24(23)29)27(35)31-22(15-30)17-36-16-19-7-3-2-4-8-19/h2-12,14,22,25,32H,13,16-17H2,1H3,(H,31,35)(H,33,34)/t22-,25+/m1/s1. The molecular formula is C27H26ClFN4O3. The van der Waals surface area contributed by atoms with Crippen molar-refractivity contribution in [1.29, 1.82) is 5.26 Å². The van der Waals surface area contributed by atoms with Gasteiger partial charge in [-0.05, 0) is 42.7 Å². The highest BCUT2D eigenvalue weighted by Gasteiger charge is 2.23. The molecule has 36 heavy (non-hydrogen) atoms. The van der Waals surface area contributed by atoms with E-state index in [0.29, 0.717) is 6.61 Å². The van der Waals surface area contributed by atoms with Gasteiger partial charge in [0, 0.05) is 5.02 Å². The summed E-state index contributed by atoms with van der Waals surface area (Å²) in [6, 6.07) is 20.8. The third-order valence-electron chi connectivity index (χ3n) is 5.24. The van der Waals surface area contributed by atoms with E-state index in [1.54, 1.807) is 0 Å². The van der Waals surface area contributed by atoms with Crippen LogP contribution in [0.5, 0.6) is 0 Å². The molecule has 0 aliphatic carbocycles. The van der Waals surface area contributed by atoms with Gasteiger partial charge in [-0.1, -0.05) is 71.8 Å². The maximum absolute atomic E-state index is 14.1. The van der Waals surface area contributed by atoms with Crippen LogP contribution in [0.2, 0.25) is 5.02 Å². The van der Waals surface area contributed by atoms with Crippen LogP contribution in [0.1, 0.15) is 27.0 Å². The third-order valence-corrected chi connectivity index (χ3v) is 5.48. The van der Waals surface area contributed by atoms with Crippen molar-refractivity contribution in [2.45, 2.75) is 32.0 Å². The number of hydrogen-bond acceptors (Lipinski definition) is 5. The molecule has 186 valence electrons. The Morgan fingerprint density at radius 2 is 1.81 bits per heavy atom. The van der Waals surface area contributed by atoms with Gasteiger partial charge in [-0.25, -0.2) is 9.82 Å². The van der Waals surface area contributed by atoms with Gasteiger partial charge in [0.2, 0.25) is 5.91 Å². The first-order valence-electron chi connectivity index (χ1n) is 11.2. The largest absolute Gasteiger partial charge is 0.374 e. The van der Waals surface area contributed by atoms with E-state index in [9.17, 15) is 19.2 Å². The van der Waals surface area contributed by atoms with E-state index in [1.165, 1.54) is 12.1 Å². The Morgan fingerprint density at radius 1 is 1.06 bits per heavy atom. The lowest BCUT2D eigenvalue weighted by atomic mass is 10.0. The summed E-state index contributed by atoms with van der Waals surface area (Å²) in [5.41, 5.74) is 7.61. The normalized spacial score (nSPS) is 12.3. The Hall–Kier alpha value is -3.77. The van der Waals surface area contributed by atoms with Gasteiger partial charge < -0.3 is 10.1 Å². The first kappa shape index (κ1) is 26.8. The predicted octanol–water partition coefficient (Wildman–Crippen LogP) is 3.86. The van der Waals surface area contributed by atoms with Crippen LogP contribution < -0.4 is 16.2 Å². The van der Waals surface area contributed by atoms with Gasteiger partial charge in [-0.3, -0.25) is 15.0 Å². The molecule has 7 nitrogen and oxygen atoms in total. The van der Waals surface area contributed by atoms with Crippen LogP contribution in [-0.2, 0) is 22.6 Å². The number of ether oxygens (including phenoxy) is 1. The molecule has 2 atom stereocenters. The van der Waals surface area contributed by atoms with Crippen LogP contribution in [0.25, 0.3) is 0 Å². The molecule has 3 rings (SSSR count). The smallest absolute Gasteiger partial charge is 0.268 e. The van der Waals surface area contributed by atoms with Gasteiger partial charge in [0.25, 0.3) is 5.91 Å². The molecular weight excluding hydrogens is 483 g/mol. The van der Waals surface area contributed by atoms with Gasteiger partial charge in [0.05, 0.1) is 24.8 Å². The minimum Gasteiger partial charge on any atom is -0.374 e. The summed E-state index contributed by atoms with van der Waals surface area (Å²) in [6.45, 7) is 2.20. The summed E-state index contributed by atoms with van der Waals surface area (Å²) in [5.74, 6) is -2.08. The van der Waals surface area contributed by atoms with Crippen LogP contribution in [0.4, 0.5) is 4.39 Å². The fraction of sp³-hybridized carbons (Fsp3) is 0.222. The van der Waals surface area contributed by atoms with Gasteiger partial charge >= 0.3 is 0 Å². The summed E-state index contributed by atoms with van der Waals surface area (Å²) < 4.78 is 19.7. The van der Waals surface area contributed by atoms with Crippen LogP contribution in [-0.4, -0.2) is 30.5 Å². The highest BCUT2D eigenvalue weighted by atomic mass is 35.5. The second kappa shape index (κ2) is 13.4. The molecule has 0 fully saturated rings. The molecule has 0 aliphatic heterocycles. The molecule has 0 spiro atoms. The molecule has 0 bridgehead atoms. The number of amides is 2. The maximum atomic E-state index is 14.1. The molecule has 0 aliphatic rings. The van der Waals surface area contributed by atoms with E-state index < -0.39 is 29.7 Å². The quantitative estimate of drug-likeness (QED) is 0.341. The third kappa shape index (κ3) is 8.17. The molecule has 3 aromatic rings. The lowest BCUT2D eigenvalue weighted by Gasteiger charge is -2.21. The van der Waals surface area contributed by atoms with Crippen molar-refractivity contribution < 1.29 is 18.7 Å². The van der Waals surface area contributed by atoms with Gasteiger partial charge in [0.1, 0.15) is 17.9 Å². The Labute approximate surface area is 214 Å². The zero-order valence-electron chi connectivity index (χ0n) is 19.6. The lowest BCUT2D eigenvalue weighted by molar-refractivity contribution is -0.124. The average Bonchev–Trinajstić information content (AvgIpc) is 2.86. The maximum Gasteiger partial charge on any atom is 0.268 e. The Kier molecular flexibility index (Phi) is 9.95. The van der Waals surface area contributed by atoms with Crippen LogP contribution in [0, 0.1) is 24.1 Å². The Balaban J connectivity index is 1.65. The minimum absolute atomic E-state index is 0.0172. The number of carbonyl (C=O) groups excluding carboxylic acids is 2. The summed E-state index contributed by atoms with van der Waals surface area (Å²) >= 11 is 5.75. The van der Waals surface area contributed by atoms with Gasteiger partial charge in [-0.15, -0.1) is 0 Å².